The van der Waals surface area contributed by atoms with E-state index in [0.717, 1.165) is 29.6 Å². The van der Waals surface area contributed by atoms with Gasteiger partial charge in [0.15, 0.2) is 0 Å². The van der Waals surface area contributed by atoms with E-state index in [1.165, 1.54) is 12.1 Å². The Bertz CT molecular complexity index is 1170. The van der Waals surface area contributed by atoms with E-state index in [-0.39, 0.29) is 12.2 Å². The molecule has 0 saturated carbocycles. The van der Waals surface area contributed by atoms with Crippen LogP contribution in [0.4, 0.5) is 4.39 Å². The Balaban J connectivity index is 1.57. The molecule has 7 nitrogen and oxygen atoms in total. The fourth-order valence-corrected chi connectivity index (χ4v) is 3.34. The number of hydrogen-bond acceptors (Lipinski definition) is 5. The second-order valence-electron chi connectivity index (χ2n) is 6.30. The number of amides is 1. The number of carbonyl (C=O) groups is 1. The lowest BCUT2D eigenvalue weighted by Crippen LogP contribution is -2.41. The highest BCUT2D eigenvalue weighted by Gasteiger charge is 2.17. The predicted octanol–water partition coefficient (Wildman–Crippen LogP) is 3.38. The quantitative estimate of drug-likeness (QED) is 0.539. The number of nitrogens with zero attached hydrogens (tertiary/aromatic N) is 1. The third-order valence-electron chi connectivity index (χ3n) is 4.04. The van der Waals surface area contributed by atoms with E-state index in [1.54, 1.807) is 24.3 Å². The summed E-state index contributed by atoms with van der Waals surface area (Å²) in [6.45, 7) is 2.16. The van der Waals surface area contributed by atoms with E-state index >= 15 is 0 Å². The Kier molecular flexibility index (Phi) is 6.66. The molecule has 0 aliphatic rings. The van der Waals surface area contributed by atoms with Crippen LogP contribution in [-0.2, 0) is 16.6 Å². The molecule has 0 unspecified atom stereocenters. The molecule has 0 fully saturated rings. The van der Waals surface area contributed by atoms with Crippen molar-refractivity contribution in [2.75, 3.05) is 0 Å². The molecule has 0 aliphatic heterocycles. The molecule has 156 valence electrons. The van der Waals surface area contributed by atoms with Gasteiger partial charge in [0.25, 0.3) is 15.9 Å². The first kappa shape index (κ1) is 21.7. The number of rotatable bonds is 7. The SMILES string of the molecule is Cc1cc(OCc2ccc(C(=O)NNS(=O)(=O)c3cncc(F)c3)cc2)ccc1Cl. The van der Waals surface area contributed by atoms with Gasteiger partial charge in [-0.15, -0.1) is 4.83 Å². The highest BCUT2D eigenvalue weighted by Crippen LogP contribution is 2.22. The summed E-state index contributed by atoms with van der Waals surface area (Å²) in [6.07, 6.45) is 1.84. The Hall–Kier alpha value is -3.01. The monoisotopic (exact) mass is 449 g/mol. The van der Waals surface area contributed by atoms with Crippen molar-refractivity contribution in [3.8, 4) is 5.75 Å². The lowest BCUT2D eigenvalue weighted by molar-refractivity contribution is 0.0945. The minimum absolute atomic E-state index is 0.223. The second-order valence-corrected chi connectivity index (χ2v) is 8.38. The van der Waals surface area contributed by atoms with Crippen molar-refractivity contribution < 1.29 is 22.3 Å². The van der Waals surface area contributed by atoms with E-state index in [2.05, 4.69) is 10.4 Å². The number of ether oxygens (including phenoxy) is 1. The zero-order valence-electron chi connectivity index (χ0n) is 15.7. The van der Waals surface area contributed by atoms with Crippen LogP contribution in [0.2, 0.25) is 5.02 Å². The highest BCUT2D eigenvalue weighted by molar-refractivity contribution is 7.89. The number of sulfonamides is 1. The maximum atomic E-state index is 13.1. The zero-order chi connectivity index (χ0) is 21.7. The Morgan fingerprint density at radius 3 is 2.53 bits per heavy atom. The molecular formula is C20H17ClFN3O4S. The first-order valence-electron chi connectivity index (χ1n) is 8.65. The number of nitrogens with one attached hydrogen (secondary N) is 2. The first-order valence-corrected chi connectivity index (χ1v) is 10.5. The molecule has 1 amide bonds. The van der Waals surface area contributed by atoms with Gasteiger partial charge in [0.1, 0.15) is 23.1 Å². The minimum atomic E-state index is -4.15. The van der Waals surface area contributed by atoms with Crippen LogP contribution in [0, 0.1) is 12.7 Å². The van der Waals surface area contributed by atoms with Crippen LogP contribution in [0.5, 0.6) is 5.75 Å². The van der Waals surface area contributed by atoms with Crippen molar-refractivity contribution in [1.29, 1.82) is 0 Å². The molecule has 30 heavy (non-hydrogen) atoms. The van der Waals surface area contributed by atoms with E-state index in [1.807, 2.05) is 17.8 Å². The maximum absolute atomic E-state index is 13.1. The van der Waals surface area contributed by atoms with Crippen LogP contribution in [0.25, 0.3) is 0 Å². The van der Waals surface area contributed by atoms with Gasteiger partial charge in [-0.05, 0) is 54.4 Å². The lowest BCUT2D eigenvalue weighted by Gasteiger charge is -2.10. The number of halogens is 2. The van der Waals surface area contributed by atoms with Crippen molar-refractivity contribution >= 4 is 27.5 Å². The number of aryl methyl sites for hydroxylation is 1. The summed E-state index contributed by atoms with van der Waals surface area (Å²) in [5.74, 6) is -0.820. The number of carbonyl (C=O) groups excluding carboxylic acids is 1. The van der Waals surface area contributed by atoms with Gasteiger partial charge in [0, 0.05) is 16.8 Å². The van der Waals surface area contributed by atoms with E-state index in [0.29, 0.717) is 10.8 Å². The molecule has 0 atom stereocenters. The van der Waals surface area contributed by atoms with Gasteiger partial charge < -0.3 is 4.74 Å². The topological polar surface area (TPSA) is 97.4 Å². The summed E-state index contributed by atoms with van der Waals surface area (Å²) in [4.78, 5) is 17.1. The van der Waals surface area contributed by atoms with Gasteiger partial charge in [0.05, 0.1) is 6.20 Å². The van der Waals surface area contributed by atoms with E-state index in [9.17, 15) is 17.6 Å². The summed E-state index contributed by atoms with van der Waals surface area (Å²) >= 11 is 5.98. The fourth-order valence-electron chi connectivity index (χ4n) is 2.41. The van der Waals surface area contributed by atoms with E-state index < -0.39 is 26.6 Å². The minimum Gasteiger partial charge on any atom is -0.489 e. The number of aromatic nitrogens is 1. The Labute approximate surface area is 177 Å². The van der Waals surface area contributed by atoms with Crippen molar-refractivity contribution in [3.05, 3.63) is 88.5 Å². The van der Waals surface area contributed by atoms with Gasteiger partial charge in [0.2, 0.25) is 0 Å². The zero-order valence-corrected chi connectivity index (χ0v) is 17.3. The van der Waals surface area contributed by atoms with E-state index in [4.69, 9.17) is 16.3 Å². The van der Waals surface area contributed by atoms with Gasteiger partial charge in [-0.25, -0.2) is 12.8 Å². The maximum Gasteiger partial charge on any atom is 0.266 e. The highest BCUT2D eigenvalue weighted by atomic mass is 35.5. The smallest absolute Gasteiger partial charge is 0.266 e. The summed E-state index contributed by atoms with van der Waals surface area (Å²) in [5.41, 5.74) is 4.01. The normalized spacial score (nSPS) is 11.2. The van der Waals surface area contributed by atoms with Gasteiger partial charge in [-0.3, -0.25) is 15.2 Å². The predicted molar refractivity (Wildman–Crippen MR) is 109 cm³/mol. The van der Waals surface area contributed by atoms with Crippen molar-refractivity contribution in [1.82, 2.24) is 15.2 Å². The molecule has 2 aromatic carbocycles. The molecule has 1 aromatic heterocycles. The van der Waals surface area contributed by atoms with Gasteiger partial charge in [-0.1, -0.05) is 23.7 Å². The third kappa shape index (κ3) is 5.53. The number of hydrogen-bond donors (Lipinski definition) is 2. The van der Waals surface area contributed by atoms with Crippen molar-refractivity contribution in [2.24, 2.45) is 0 Å². The molecule has 10 heteroatoms. The molecule has 3 aromatic rings. The summed E-state index contributed by atoms with van der Waals surface area (Å²) in [5, 5.41) is 0.655. The number of benzene rings is 2. The summed E-state index contributed by atoms with van der Waals surface area (Å²) in [7, 11) is -4.15. The molecule has 1 heterocycles. The average Bonchev–Trinajstić information content (AvgIpc) is 2.73. The van der Waals surface area contributed by atoms with Gasteiger partial charge in [-0.2, -0.15) is 0 Å². The third-order valence-corrected chi connectivity index (χ3v) is 5.68. The van der Waals surface area contributed by atoms with Crippen LogP contribution >= 0.6 is 11.6 Å². The average molecular weight is 450 g/mol. The van der Waals surface area contributed by atoms with Crippen LogP contribution in [0.15, 0.2) is 65.8 Å². The van der Waals surface area contributed by atoms with Crippen molar-refractivity contribution in [3.63, 3.8) is 0 Å². The largest absolute Gasteiger partial charge is 0.489 e. The second kappa shape index (κ2) is 9.21. The molecule has 0 aliphatic carbocycles. The molecular weight excluding hydrogens is 433 g/mol. The molecule has 0 bridgehead atoms. The van der Waals surface area contributed by atoms with Crippen LogP contribution in [0.3, 0.4) is 0 Å². The fraction of sp³-hybridized carbons (Fsp3) is 0.100. The number of pyridine rings is 1. The van der Waals surface area contributed by atoms with Crippen molar-refractivity contribution in [2.45, 2.75) is 18.4 Å². The first-order chi connectivity index (χ1) is 14.2. The Morgan fingerprint density at radius 2 is 1.87 bits per heavy atom. The molecule has 0 radical (unpaired) electrons. The van der Waals surface area contributed by atoms with Crippen LogP contribution in [-0.4, -0.2) is 19.3 Å². The van der Waals surface area contributed by atoms with Crippen LogP contribution in [0.1, 0.15) is 21.5 Å². The molecule has 0 spiro atoms. The Morgan fingerprint density at radius 1 is 1.13 bits per heavy atom. The number of hydrazine groups is 1. The lowest BCUT2D eigenvalue weighted by atomic mass is 10.1. The summed E-state index contributed by atoms with van der Waals surface area (Å²) < 4.78 is 43.0. The molecule has 2 N–H and O–H groups in total. The molecule has 0 saturated heterocycles. The van der Waals surface area contributed by atoms with Crippen LogP contribution < -0.4 is 15.0 Å². The standard InChI is InChI=1S/C20H17ClFN3O4S/c1-13-8-17(6-7-19(13)21)29-12-14-2-4-15(5-3-14)20(26)24-25-30(27,28)18-9-16(22)10-23-11-18/h2-11,25H,12H2,1H3,(H,24,26). The summed E-state index contributed by atoms with van der Waals surface area (Å²) in [6, 6.07) is 12.5. The van der Waals surface area contributed by atoms with Gasteiger partial charge >= 0.3 is 0 Å². The molecule has 3 rings (SSSR count).